The molecule has 7 heteroatoms. The van der Waals surface area contributed by atoms with E-state index in [0.29, 0.717) is 17.1 Å². The first-order chi connectivity index (χ1) is 9.08. The highest BCUT2D eigenvalue weighted by molar-refractivity contribution is 7.80. The highest BCUT2D eigenvalue weighted by Crippen LogP contribution is 2.12. The third-order valence-corrected chi connectivity index (χ3v) is 2.57. The first kappa shape index (κ1) is 13.3. The Hall–Kier alpha value is -2.15. The van der Waals surface area contributed by atoms with Crippen molar-refractivity contribution in [2.45, 2.75) is 6.54 Å². The van der Waals surface area contributed by atoms with Crippen molar-refractivity contribution in [3.63, 3.8) is 0 Å². The van der Waals surface area contributed by atoms with Gasteiger partial charge in [0.05, 0.1) is 0 Å². The SMILES string of the molecule is NC(=S)c1nccnc1NCc1ccc(F)c(F)c1. The zero-order chi connectivity index (χ0) is 13.8. The summed E-state index contributed by atoms with van der Waals surface area (Å²) >= 11 is 4.84. The van der Waals surface area contributed by atoms with E-state index in [2.05, 4.69) is 15.3 Å². The van der Waals surface area contributed by atoms with E-state index in [4.69, 9.17) is 18.0 Å². The Labute approximate surface area is 113 Å². The highest BCUT2D eigenvalue weighted by atomic mass is 32.1. The van der Waals surface area contributed by atoms with Crippen molar-refractivity contribution in [1.82, 2.24) is 9.97 Å². The third-order valence-electron chi connectivity index (χ3n) is 2.38. The molecule has 2 rings (SSSR count). The Morgan fingerprint density at radius 2 is 1.95 bits per heavy atom. The van der Waals surface area contributed by atoms with Crippen LogP contribution >= 0.6 is 12.2 Å². The number of nitrogens with one attached hydrogen (secondary N) is 1. The molecule has 0 fully saturated rings. The summed E-state index contributed by atoms with van der Waals surface area (Å²) in [5.74, 6) is -1.38. The lowest BCUT2D eigenvalue weighted by molar-refractivity contribution is 0.507. The highest BCUT2D eigenvalue weighted by Gasteiger charge is 2.08. The van der Waals surface area contributed by atoms with Crippen molar-refractivity contribution in [1.29, 1.82) is 0 Å². The first-order valence-corrected chi connectivity index (χ1v) is 5.77. The van der Waals surface area contributed by atoms with Crippen LogP contribution in [0.15, 0.2) is 30.6 Å². The number of hydrogen-bond donors (Lipinski definition) is 2. The average molecular weight is 280 g/mol. The molecule has 1 aromatic heterocycles. The second-order valence-corrected chi connectivity index (χ2v) is 4.16. The second-order valence-electron chi connectivity index (χ2n) is 3.72. The van der Waals surface area contributed by atoms with Crippen LogP contribution in [0.5, 0.6) is 0 Å². The third kappa shape index (κ3) is 3.19. The van der Waals surface area contributed by atoms with E-state index in [1.165, 1.54) is 18.5 Å². The molecule has 4 nitrogen and oxygen atoms in total. The first-order valence-electron chi connectivity index (χ1n) is 5.36. The number of benzene rings is 1. The van der Waals surface area contributed by atoms with Crippen molar-refractivity contribution in [2.24, 2.45) is 5.73 Å². The summed E-state index contributed by atoms with van der Waals surface area (Å²) in [7, 11) is 0. The van der Waals surface area contributed by atoms with Gasteiger partial charge in [-0.25, -0.2) is 18.7 Å². The van der Waals surface area contributed by atoms with Crippen molar-refractivity contribution in [3.05, 3.63) is 53.5 Å². The molecule has 0 aliphatic carbocycles. The van der Waals surface area contributed by atoms with Gasteiger partial charge in [-0.2, -0.15) is 0 Å². The van der Waals surface area contributed by atoms with Gasteiger partial charge in [0, 0.05) is 18.9 Å². The van der Waals surface area contributed by atoms with Crippen LogP contribution in [0.1, 0.15) is 11.3 Å². The fraction of sp³-hybridized carbons (Fsp3) is 0.0833. The minimum Gasteiger partial charge on any atom is -0.388 e. The summed E-state index contributed by atoms with van der Waals surface area (Å²) in [5, 5.41) is 2.93. The van der Waals surface area contributed by atoms with E-state index in [9.17, 15) is 8.78 Å². The van der Waals surface area contributed by atoms with E-state index < -0.39 is 11.6 Å². The molecule has 0 radical (unpaired) electrons. The summed E-state index contributed by atoms with van der Waals surface area (Å²) in [6.45, 7) is 0.255. The molecular weight excluding hydrogens is 270 g/mol. The molecule has 98 valence electrons. The summed E-state index contributed by atoms with van der Waals surface area (Å²) in [6, 6.07) is 3.65. The molecule has 0 amide bonds. The maximum atomic E-state index is 13.0. The molecule has 0 saturated heterocycles. The number of rotatable bonds is 4. The number of hydrogen-bond acceptors (Lipinski definition) is 4. The lowest BCUT2D eigenvalue weighted by Gasteiger charge is -2.09. The van der Waals surface area contributed by atoms with Crippen molar-refractivity contribution in [2.75, 3.05) is 5.32 Å². The van der Waals surface area contributed by atoms with Crippen LogP contribution in [-0.4, -0.2) is 15.0 Å². The molecule has 2 aromatic rings. The van der Waals surface area contributed by atoms with Gasteiger partial charge in [0.2, 0.25) is 0 Å². The predicted molar refractivity (Wildman–Crippen MR) is 71.6 cm³/mol. The molecule has 0 aliphatic heterocycles. The number of anilines is 1. The van der Waals surface area contributed by atoms with Gasteiger partial charge in [-0.3, -0.25) is 0 Å². The Balaban J connectivity index is 2.14. The van der Waals surface area contributed by atoms with Gasteiger partial charge in [0.15, 0.2) is 17.5 Å². The number of nitrogens with zero attached hydrogens (tertiary/aromatic N) is 2. The lowest BCUT2D eigenvalue weighted by Crippen LogP contribution is -2.16. The smallest absolute Gasteiger partial charge is 0.159 e. The summed E-state index contributed by atoms with van der Waals surface area (Å²) < 4.78 is 25.8. The largest absolute Gasteiger partial charge is 0.388 e. The zero-order valence-electron chi connectivity index (χ0n) is 9.73. The molecule has 0 atom stereocenters. The van der Waals surface area contributed by atoms with E-state index in [0.717, 1.165) is 12.1 Å². The van der Waals surface area contributed by atoms with Crippen LogP contribution < -0.4 is 11.1 Å². The van der Waals surface area contributed by atoms with Gasteiger partial charge in [0.25, 0.3) is 0 Å². The quantitative estimate of drug-likeness (QED) is 0.839. The van der Waals surface area contributed by atoms with Crippen LogP contribution in [0.2, 0.25) is 0 Å². The van der Waals surface area contributed by atoms with Gasteiger partial charge in [-0.05, 0) is 17.7 Å². The van der Waals surface area contributed by atoms with Crippen molar-refractivity contribution in [3.8, 4) is 0 Å². The van der Waals surface area contributed by atoms with E-state index in [1.54, 1.807) is 0 Å². The second kappa shape index (κ2) is 5.66. The number of aromatic nitrogens is 2. The van der Waals surface area contributed by atoms with Gasteiger partial charge < -0.3 is 11.1 Å². The Morgan fingerprint density at radius 3 is 2.63 bits per heavy atom. The van der Waals surface area contributed by atoms with E-state index in [1.807, 2.05) is 0 Å². The Morgan fingerprint density at radius 1 is 1.21 bits per heavy atom. The Kier molecular flexibility index (Phi) is 3.96. The van der Waals surface area contributed by atoms with Crippen LogP contribution in [0.3, 0.4) is 0 Å². The minimum atomic E-state index is -0.895. The molecule has 1 heterocycles. The number of nitrogens with two attached hydrogens (primary N) is 1. The number of halogens is 2. The topological polar surface area (TPSA) is 63.8 Å². The summed E-state index contributed by atoms with van der Waals surface area (Å²) in [6.07, 6.45) is 2.95. The number of thiocarbonyl (C=S) groups is 1. The molecule has 0 saturated carbocycles. The van der Waals surface area contributed by atoms with Gasteiger partial charge in [-0.15, -0.1) is 0 Å². The standard InChI is InChI=1S/C12H10F2N4S/c13-8-2-1-7(5-9(8)14)6-18-12-10(11(15)19)16-3-4-17-12/h1-5H,6H2,(H2,15,19)(H,17,18). The fourth-order valence-electron chi connectivity index (χ4n) is 1.48. The monoisotopic (exact) mass is 280 g/mol. The lowest BCUT2D eigenvalue weighted by atomic mass is 10.2. The summed E-state index contributed by atoms with van der Waals surface area (Å²) in [5.41, 5.74) is 6.44. The maximum Gasteiger partial charge on any atom is 0.159 e. The maximum absolute atomic E-state index is 13.0. The minimum absolute atomic E-state index is 0.112. The van der Waals surface area contributed by atoms with E-state index >= 15 is 0 Å². The Bertz CT molecular complexity index is 618. The summed E-state index contributed by atoms with van der Waals surface area (Å²) in [4.78, 5) is 8.15. The molecule has 0 unspecified atom stereocenters. The molecule has 19 heavy (non-hydrogen) atoms. The zero-order valence-corrected chi connectivity index (χ0v) is 10.5. The molecule has 0 aliphatic rings. The predicted octanol–water partition coefficient (Wildman–Crippen LogP) is 2.00. The van der Waals surface area contributed by atoms with Crippen LogP contribution in [0.25, 0.3) is 0 Å². The average Bonchev–Trinajstić information content (AvgIpc) is 2.40. The molecule has 1 aromatic carbocycles. The van der Waals surface area contributed by atoms with Crippen molar-refractivity contribution < 1.29 is 8.78 Å². The van der Waals surface area contributed by atoms with Crippen LogP contribution in [0, 0.1) is 11.6 Å². The van der Waals surface area contributed by atoms with E-state index in [-0.39, 0.29) is 11.5 Å². The van der Waals surface area contributed by atoms with Crippen LogP contribution in [-0.2, 0) is 6.54 Å². The van der Waals surface area contributed by atoms with Gasteiger partial charge >= 0.3 is 0 Å². The molecular formula is C12H10F2N4S. The molecule has 0 spiro atoms. The molecule has 0 bridgehead atoms. The van der Waals surface area contributed by atoms with Crippen LogP contribution in [0.4, 0.5) is 14.6 Å². The van der Waals surface area contributed by atoms with Gasteiger partial charge in [-0.1, -0.05) is 18.3 Å². The normalized spacial score (nSPS) is 10.2. The van der Waals surface area contributed by atoms with Gasteiger partial charge in [0.1, 0.15) is 10.7 Å². The molecule has 3 N–H and O–H groups in total. The fourth-order valence-corrected chi connectivity index (χ4v) is 1.63. The van der Waals surface area contributed by atoms with Crippen molar-refractivity contribution >= 4 is 23.0 Å².